The molecule has 1 aliphatic rings. The van der Waals surface area contributed by atoms with Crippen molar-refractivity contribution in [2.24, 2.45) is 0 Å². The number of aromatic nitrogens is 1. The highest BCUT2D eigenvalue weighted by Gasteiger charge is 2.15. The summed E-state index contributed by atoms with van der Waals surface area (Å²) in [6.45, 7) is 1.72. The Balaban J connectivity index is 2.25. The van der Waals surface area contributed by atoms with Gasteiger partial charge in [0.1, 0.15) is 11.2 Å². The van der Waals surface area contributed by atoms with E-state index in [0.717, 1.165) is 25.9 Å². The molecule has 5 heteroatoms. The van der Waals surface area contributed by atoms with Crippen LogP contribution in [0.25, 0.3) is 0 Å². The summed E-state index contributed by atoms with van der Waals surface area (Å²) >= 11 is 0. The predicted molar refractivity (Wildman–Crippen MR) is 60.5 cm³/mol. The Hall–Kier alpha value is -1.78. The van der Waals surface area contributed by atoms with E-state index in [9.17, 15) is 5.11 Å². The highest BCUT2D eigenvalue weighted by Crippen LogP contribution is 2.10. The minimum absolute atomic E-state index is 0.0813. The lowest BCUT2D eigenvalue weighted by atomic mass is 10.1. The van der Waals surface area contributed by atoms with E-state index in [1.807, 2.05) is 4.90 Å². The quantitative estimate of drug-likeness (QED) is 0.449. The van der Waals surface area contributed by atoms with Gasteiger partial charge in [-0.2, -0.15) is 0 Å². The number of aromatic hydroxyl groups is 1. The van der Waals surface area contributed by atoms with Crippen LogP contribution in [0, 0.1) is 10.8 Å². The second kappa shape index (κ2) is 4.38. The van der Waals surface area contributed by atoms with E-state index in [4.69, 9.17) is 10.8 Å². The van der Waals surface area contributed by atoms with Crippen molar-refractivity contribution < 1.29 is 5.11 Å². The van der Waals surface area contributed by atoms with Crippen molar-refractivity contribution in [1.82, 2.24) is 9.47 Å². The molecule has 0 aliphatic carbocycles. The first-order valence-electron chi connectivity index (χ1n) is 5.48. The van der Waals surface area contributed by atoms with Crippen LogP contribution < -0.4 is 5.49 Å². The van der Waals surface area contributed by atoms with Crippen molar-refractivity contribution in [3.63, 3.8) is 0 Å². The minimum atomic E-state index is 0.0813. The summed E-state index contributed by atoms with van der Waals surface area (Å²) in [5.41, 5.74) is 0.216. The summed E-state index contributed by atoms with van der Waals surface area (Å²) in [5.74, 6) is 0.360. The first-order valence-corrected chi connectivity index (χ1v) is 5.48. The molecule has 1 aromatic rings. The van der Waals surface area contributed by atoms with Crippen molar-refractivity contribution in [3.8, 4) is 5.75 Å². The second-order valence-corrected chi connectivity index (χ2v) is 4.01. The molecule has 0 amide bonds. The molecule has 1 saturated heterocycles. The molecule has 3 N–H and O–H groups in total. The van der Waals surface area contributed by atoms with Crippen LogP contribution >= 0.6 is 0 Å². The molecule has 0 saturated carbocycles. The van der Waals surface area contributed by atoms with Gasteiger partial charge in [-0.15, -0.1) is 0 Å². The van der Waals surface area contributed by atoms with Crippen LogP contribution in [0.2, 0.25) is 0 Å². The lowest BCUT2D eigenvalue weighted by molar-refractivity contribution is 0.330. The van der Waals surface area contributed by atoms with Gasteiger partial charge < -0.3 is 10.0 Å². The average Bonchev–Trinajstić information content (AvgIpc) is 2.32. The molecule has 2 rings (SSSR count). The van der Waals surface area contributed by atoms with E-state index < -0.39 is 0 Å². The second-order valence-electron chi connectivity index (χ2n) is 4.01. The molecule has 16 heavy (non-hydrogen) atoms. The van der Waals surface area contributed by atoms with Crippen LogP contribution in [0.4, 0.5) is 0 Å². The molecular weight excluding hydrogens is 204 g/mol. The van der Waals surface area contributed by atoms with Crippen LogP contribution in [-0.2, 0) is 0 Å². The monoisotopic (exact) mass is 220 g/mol. The Morgan fingerprint density at radius 1 is 1.19 bits per heavy atom. The van der Waals surface area contributed by atoms with Gasteiger partial charge in [0.15, 0.2) is 0 Å². The lowest BCUT2D eigenvalue weighted by Gasteiger charge is -2.29. The van der Waals surface area contributed by atoms with Gasteiger partial charge in [0.25, 0.3) is 0 Å². The fraction of sp³-hybridized carbons (Fsp3) is 0.455. The average molecular weight is 220 g/mol. The van der Waals surface area contributed by atoms with E-state index in [1.54, 1.807) is 0 Å². The Bertz CT molecular complexity index is 446. The van der Waals surface area contributed by atoms with Gasteiger partial charge in [-0.25, -0.2) is 0 Å². The Morgan fingerprint density at radius 3 is 2.56 bits per heavy atom. The number of likely N-dealkylation sites (tertiary alicyclic amines) is 1. The number of rotatable bonds is 0. The summed E-state index contributed by atoms with van der Waals surface area (Å²) in [4.78, 5) is 1.95. The first kappa shape index (κ1) is 10.7. The van der Waals surface area contributed by atoms with Crippen molar-refractivity contribution >= 4 is 5.96 Å². The third kappa shape index (κ3) is 2.08. The van der Waals surface area contributed by atoms with Crippen molar-refractivity contribution in [2.75, 3.05) is 13.1 Å². The Morgan fingerprint density at radius 2 is 1.88 bits per heavy atom. The van der Waals surface area contributed by atoms with Gasteiger partial charge in [-0.3, -0.25) is 15.4 Å². The molecule has 0 aromatic carbocycles. The number of hydrogen-bond donors (Lipinski definition) is 3. The van der Waals surface area contributed by atoms with Gasteiger partial charge in [0, 0.05) is 13.1 Å². The number of nitrogens with one attached hydrogen (secondary N) is 2. The smallest absolute Gasteiger partial charge is 0.203 e. The SMILES string of the molecule is N=C(N1CCCCC1)n1cc(O)ccc1=N. The molecule has 0 bridgehead atoms. The maximum Gasteiger partial charge on any atom is 0.203 e. The summed E-state index contributed by atoms with van der Waals surface area (Å²) in [7, 11) is 0. The van der Waals surface area contributed by atoms with Crippen LogP contribution in [0.3, 0.4) is 0 Å². The maximum atomic E-state index is 9.37. The zero-order valence-electron chi connectivity index (χ0n) is 9.11. The molecule has 0 unspecified atom stereocenters. The van der Waals surface area contributed by atoms with E-state index in [0.29, 0.717) is 0 Å². The summed E-state index contributed by atoms with van der Waals surface area (Å²) in [6, 6.07) is 2.95. The van der Waals surface area contributed by atoms with E-state index >= 15 is 0 Å². The number of pyridine rings is 1. The van der Waals surface area contributed by atoms with Crippen LogP contribution in [0.15, 0.2) is 18.3 Å². The predicted octanol–water partition coefficient (Wildman–Crippen LogP) is 0.942. The lowest BCUT2D eigenvalue weighted by Crippen LogP contribution is -2.42. The molecule has 2 heterocycles. The largest absolute Gasteiger partial charge is 0.506 e. The number of piperidine rings is 1. The fourth-order valence-electron chi connectivity index (χ4n) is 1.92. The van der Waals surface area contributed by atoms with Gasteiger partial charge in [-0.05, 0) is 31.4 Å². The zero-order valence-corrected chi connectivity index (χ0v) is 9.11. The van der Waals surface area contributed by atoms with Gasteiger partial charge in [0.05, 0.1) is 6.20 Å². The molecule has 1 fully saturated rings. The summed E-state index contributed by atoms with van der Waals surface area (Å²) < 4.78 is 1.40. The number of nitrogens with zero attached hydrogens (tertiary/aromatic N) is 2. The Labute approximate surface area is 94.0 Å². The molecule has 0 spiro atoms. The number of hydrogen-bond acceptors (Lipinski definition) is 3. The summed E-state index contributed by atoms with van der Waals surface area (Å²) in [5, 5.41) is 25.1. The van der Waals surface area contributed by atoms with Crippen molar-refractivity contribution in [1.29, 1.82) is 10.8 Å². The van der Waals surface area contributed by atoms with E-state index in [2.05, 4.69) is 0 Å². The fourth-order valence-corrected chi connectivity index (χ4v) is 1.92. The molecule has 86 valence electrons. The molecule has 1 aromatic heterocycles. The molecule has 0 radical (unpaired) electrons. The molecule has 0 atom stereocenters. The van der Waals surface area contributed by atoms with Gasteiger partial charge in [-0.1, -0.05) is 0 Å². The maximum absolute atomic E-state index is 9.37. The standard InChI is InChI=1S/C11H16N4O/c12-10-5-4-9(16)8-15(10)11(13)14-6-2-1-3-7-14/h4-5,8,12-13,16H,1-3,6-7H2. The molecule has 1 aliphatic heterocycles. The van der Waals surface area contributed by atoms with Crippen molar-refractivity contribution in [2.45, 2.75) is 19.3 Å². The zero-order chi connectivity index (χ0) is 11.5. The third-order valence-corrected chi connectivity index (χ3v) is 2.82. The molecular formula is C11H16N4O. The summed E-state index contributed by atoms with van der Waals surface area (Å²) in [6.07, 6.45) is 4.81. The highest BCUT2D eigenvalue weighted by molar-refractivity contribution is 5.79. The molecule has 5 nitrogen and oxygen atoms in total. The minimum Gasteiger partial charge on any atom is -0.506 e. The first-order chi connectivity index (χ1) is 7.68. The van der Waals surface area contributed by atoms with Crippen LogP contribution in [-0.4, -0.2) is 33.6 Å². The van der Waals surface area contributed by atoms with Gasteiger partial charge in [0.2, 0.25) is 5.96 Å². The Kier molecular flexibility index (Phi) is 2.94. The van der Waals surface area contributed by atoms with Crippen LogP contribution in [0.1, 0.15) is 19.3 Å². The van der Waals surface area contributed by atoms with Crippen LogP contribution in [0.5, 0.6) is 5.75 Å². The highest BCUT2D eigenvalue weighted by atomic mass is 16.3. The van der Waals surface area contributed by atoms with Crippen molar-refractivity contribution in [3.05, 3.63) is 23.8 Å². The normalized spacial score (nSPS) is 16.1. The van der Waals surface area contributed by atoms with E-state index in [1.165, 1.54) is 29.3 Å². The van der Waals surface area contributed by atoms with E-state index in [-0.39, 0.29) is 17.2 Å². The topological polar surface area (TPSA) is 76.1 Å². The van der Waals surface area contributed by atoms with Gasteiger partial charge >= 0.3 is 0 Å². The third-order valence-electron chi connectivity index (χ3n) is 2.82.